The maximum atomic E-state index is 13.7. The minimum absolute atomic E-state index is 0.0355. The van der Waals surface area contributed by atoms with E-state index in [0.29, 0.717) is 6.61 Å². The summed E-state index contributed by atoms with van der Waals surface area (Å²) in [6.07, 6.45) is 1.29. The van der Waals surface area contributed by atoms with Crippen molar-refractivity contribution in [2.45, 2.75) is 44.9 Å². The van der Waals surface area contributed by atoms with Crippen molar-refractivity contribution in [2.75, 3.05) is 13.2 Å². The first-order valence-electron chi connectivity index (χ1n) is 7.46. The van der Waals surface area contributed by atoms with E-state index in [0.717, 1.165) is 37.6 Å². The summed E-state index contributed by atoms with van der Waals surface area (Å²) in [7, 11) is 0. The van der Waals surface area contributed by atoms with E-state index in [1.165, 1.54) is 0 Å². The predicted molar refractivity (Wildman–Crippen MR) is 77.3 cm³/mol. The Bertz CT molecular complexity index is 518. The van der Waals surface area contributed by atoms with Crippen LogP contribution in [0, 0.1) is 11.6 Å². The molecule has 1 saturated heterocycles. The Balaban J connectivity index is 1.85. The van der Waals surface area contributed by atoms with Crippen molar-refractivity contribution in [3.05, 3.63) is 35.4 Å². The molecule has 0 bridgehead atoms. The molecule has 1 aromatic carbocycles. The maximum absolute atomic E-state index is 13.7. The molecule has 4 nitrogen and oxygen atoms in total. The second-order valence-corrected chi connectivity index (χ2v) is 5.51. The van der Waals surface area contributed by atoms with Gasteiger partial charge in [-0.05, 0) is 44.9 Å². The molecule has 0 radical (unpaired) electrons. The van der Waals surface area contributed by atoms with Crippen LogP contribution < -0.4 is 5.32 Å². The Morgan fingerprint density at radius 1 is 1.45 bits per heavy atom. The number of hydrogen-bond donors (Lipinski definition) is 1. The zero-order valence-electron chi connectivity index (χ0n) is 12.8. The van der Waals surface area contributed by atoms with E-state index in [4.69, 9.17) is 9.47 Å². The van der Waals surface area contributed by atoms with Gasteiger partial charge in [-0.2, -0.15) is 0 Å². The molecule has 22 heavy (non-hydrogen) atoms. The fourth-order valence-corrected chi connectivity index (χ4v) is 2.36. The minimum Gasteiger partial charge on any atom is -0.376 e. The summed E-state index contributed by atoms with van der Waals surface area (Å²) >= 11 is 0. The largest absolute Gasteiger partial charge is 0.376 e. The van der Waals surface area contributed by atoms with Crippen molar-refractivity contribution in [1.82, 2.24) is 5.32 Å². The Morgan fingerprint density at radius 2 is 2.23 bits per heavy atom. The van der Waals surface area contributed by atoms with Crippen molar-refractivity contribution in [2.24, 2.45) is 0 Å². The lowest BCUT2D eigenvalue weighted by Gasteiger charge is -2.20. The lowest BCUT2D eigenvalue weighted by atomic mass is 10.1. The predicted octanol–water partition coefficient (Wildman–Crippen LogP) is 2.73. The molecule has 122 valence electrons. The van der Waals surface area contributed by atoms with Crippen LogP contribution in [0.2, 0.25) is 0 Å². The zero-order valence-corrected chi connectivity index (χ0v) is 12.8. The summed E-state index contributed by atoms with van der Waals surface area (Å²) in [5.74, 6) is -1.46. The summed E-state index contributed by atoms with van der Waals surface area (Å²) in [5.41, 5.74) is 0.111. The summed E-state index contributed by atoms with van der Waals surface area (Å²) in [6, 6.07) is 2.53. The molecule has 0 aliphatic carbocycles. The summed E-state index contributed by atoms with van der Waals surface area (Å²) in [4.78, 5) is 12.0. The molecule has 6 heteroatoms. The van der Waals surface area contributed by atoms with Crippen molar-refractivity contribution in [3.63, 3.8) is 0 Å². The highest BCUT2D eigenvalue weighted by Crippen LogP contribution is 2.18. The van der Waals surface area contributed by atoms with Gasteiger partial charge in [0.1, 0.15) is 17.7 Å². The lowest BCUT2D eigenvalue weighted by molar-refractivity contribution is -0.134. The third-order valence-electron chi connectivity index (χ3n) is 3.71. The molecule has 1 N–H and O–H groups in total. The first-order chi connectivity index (χ1) is 10.5. The fraction of sp³-hybridized carbons (Fsp3) is 0.562. The topological polar surface area (TPSA) is 47.6 Å². The fourth-order valence-electron chi connectivity index (χ4n) is 2.36. The van der Waals surface area contributed by atoms with Crippen molar-refractivity contribution in [1.29, 1.82) is 0 Å². The van der Waals surface area contributed by atoms with Crippen LogP contribution in [0.1, 0.15) is 38.3 Å². The normalized spacial score (nSPS) is 20.6. The van der Waals surface area contributed by atoms with Crippen LogP contribution in [-0.2, 0) is 14.3 Å². The molecule has 3 atom stereocenters. The molecule has 1 aliphatic rings. The van der Waals surface area contributed by atoms with E-state index in [1.54, 1.807) is 13.8 Å². The van der Waals surface area contributed by atoms with E-state index in [9.17, 15) is 13.6 Å². The number of halogens is 2. The highest BCUT2D eigenvalue weighted by molar-refractivity contribution is 5.80. The third-order valence-corrected chi connectivity index (χ3v) is 3.71. The van der Waals surface area contributed by atoms with Crippen molar-refractivity contribution < 1.29 is 23.0 Å². The monoisotopic (exact) mass is 313 g/mol. The van der Waals surface area contributed by atoms with Gasteiger partial charge in [0.15, 0.2) is 0 Å². The number of ether oxygens (including phenoxy) is 2. The van der Waals surface area contributed by atoms with Gasteiger partial charge in [0.2, 0.25) is 5.91 Å². The molecule has 1 aliphatic heterocycles. The van der Waals surface area contributed by atoms with E-state index in [-0.39, 0.29) is 17.6 Å². The van der Waals surface area contributed by atoms with Gasteiger partial charge >= 0.3 is 0 Å². The van der Waals surface area contributed by atoms with E-state index < -0.39 is 23.8 Å². The molecule has 1 heterocycles. The van der Waals surface area contributed by atoms with Gasteiger partial charge in [0.25, 0.3) is 0 Å². The van der Waals surface area contributed by atoms with Crippen molar-refractivity contribution in [3.8, 4) is 0 Å². The van der Waals surface area contributed by atoms with Crippen LogP contribution >= 0.6 is 0 Å². The summed E-state index contributed by atoms with van der Waals surface area (Å²) < 4.78 is 37.7. The molecule has 0 unspecified atom stereocenters. The smallest absolute Gasteiger partial charge is 0.249 e. The maximum Gasteiger partial charge on any atom is 0.249 e. The second-order valence-electron chi connectivity index (χ2n) is 5.51. The number of carbonyl (C=O) groups excluding carboxylic acids is 1. The quantitative estimate of drug-likeness (QED) is 0.878. The van der Waals surface area contributed by atoms with E-state index in [2.05, 4.69) is 5.32 Å². The Labute approximate surface area is 128 Å². The summed E-state index contributed by atoms with van der Waals surface area (Å²) in [6.45, 7) is 4.31. The number of hydrogen-bond acceptors (Lipinski definition) is 3. The van der Waals surface area contributed by atoms with Gasteiger partial charge in [0.05, 0.1) is 18.8 Å². The second kappa shape index (κ2) is 7.65. The van der Waals surface area contributed by atoms with Gasteiger partial charge in [-0.15, -0.1) is 0 Å². The molecule has 2 rings (SSSR count). The highest BCUT2D eigenvalue weighted by Gasteiger charge is 2.22. The minimum atomic E-state index is -0.678. The van der Waals surface area contributed by atoms with Gasteiger partial charge in [-0.3, -0.25) is 4.79 Å². The molecule has 1 amide bonds. The van der Waals surface area contributed by atoms with Crippen LogP contribution in [-0.4, -0.2) is 31.3 Å². The molecular formula is C16H21F2NO3. The van der Waals surface area contributed by atoms with Crippen LogP contribution in [0.3, 0.4) is 0 Å². The number of rotatable bonds is 6. The molecule has 0 spiro atoms. The zero-order chi connectivity index (χ0) is 16.1. The van der Waals surface area contributed by atoms with Crippen molar-refractivity contribution >= 4 is 5.91 Å². The number of amides is 1. The number of carbonyl (C=O) groups is 1. The average Bonchev–Trinajstić information content (AvgIpc) is 3.00. The van der Waals surface area contributed by atoms with E-state index >= 15 is 0 Å². The number of benzene rings is 1. The average molecular weight is 313 g/mol. The van der Waals surface area contributed by atoms with Crippen LogP contribution in [0.5, 0.6) is 0 Å². The standard InChI is InChI=1S/C16H21F2NO3/c1-10(14-8-12(17)5-6-15(14)18)19-16(20)11(2)22-9-13-4-3-7-21-13/h5-6,8,10-11,13H,3-4,7,9H2,1-2H3,(H,19,20)/t10-,11+,13-/m1/s1. The molecule has 1 aromatic rings. The lowest BCUT2D eigenvalue weighted by Crippen LogP contribution is -2.37. The molecule has 0 aromatic heterocycles. The van der Waals surface area contributed by atoms with Gasteiger partial charge < -0.3 is 14.8 Å². The third kappa shape index (κ3) is 4.48. The first-order valence-corrected chi connectivity index (χ1v) is 7.46. The number of nitrogens with one attached hydrogen (secondary N) is 1. The van der Waals surface area contributed by atoms with Crippen LogP contribution in [0.4, 0.5) is 8.78 Å². The first kappa shape index (κ1) is 16.8. The molecule has 1 fully saturated rings. The van der Waals surface area contributed by atoms with E-state index in [1.807, 2.05) is 0 Å². The van der Waals surface area contributed by atoms with Gasteiger partial charge in [-0.1, -0.05) is 0 Å². The Kier molecular flexibility index (Phi) is 5.85. The highest BCUT2D eigenvalue weighted by atomic mass is 19.1. The van der Waals surface area contributed by atoms with Gasteiger partial charge in [0, 0.05) is 12.2 Å². The Hall–Kier alpha value is -1.53. The van der Waals surface area contributed by atoms with Crippen LogP contribution in [0.15, 0.2) is 18.2 Å². The SMILES string of the molecule is C[C@H](OC[C@H]1CCCO1)C(=O)N[C@H](C)c1cc(F)ccc1F. The van der Waals surface area contributed by atoms with Crippen LogP contribution in [0.25, 0.3) is 0 Å². The summed E-state index contributed by atoms with van der Waals surface area (Å²) in [5, 5.41) is 2.63. The molecular weight excluding hydrogens is 292 g/mol. The Morgan fingerprint density at radius 3 is 2.91 bits per heavy atom. The van der Waals surface area contributed by atoms with Gasteiger partial charge in [-0.25, -0.2) is 8.78 Å². The molecule has 0 saturated carbocycles.